The van der Waals surface area contributed by atoms with Crippen LogP contribution in [0.5, 0.6) is 0 Å². The summed E-state index contributed by atoms with van der Waals surface area (Å²) >= 11 is 0. The van der Waals surface area contributed by atoms with Gasteiger partial charge in [0.1, 0.15) is 5.82 Å². The molecule has 0 spiro atoms. The van der Waals surface area contributed by atoms with Gasteiger partial charge in [-0.25, -0.2) is 4.98 Å². The second-order valence-electron chi connectivity index (χ2n) is 5.66. The Kier molecular flexibility index (Phi) is 4.77. The molecule has 1 aromatic rings. The maximum atomic E-state index is 4.66. The van der Waals surface area contributed by atoms with Gasteiger partial charge in [0.2, 0.25) is 0 Å². The molecule has 1 aromatic heterocycles. The molecule has 1 fully saturated rings. The van der Waals surface area contributed by atoms with Crippen molar-refractivity contribution >= 4 is 5.82 Å². The topological polar surface area (TPSA) is 31.4 Å². The Morgan fingerprint density at radius 3 is 2.68 bits per heavy atom. The molecular formula is C15H26N4. The molecule has 0 amide bonds. The standard InChI is InChI=1S/C15H26N4/c1-12-9-13(10-16-2)11-17-15(12)19(4)14-5-7-18(3)8-6-14/h9,11,14,16H,5-8,10H2,1-4H3. The first-order chi connectivity index (χ1) is 9.11. The molecule has 4 nitrogen and oxygen atoms in total. The van der Waals surface area contributed by atoms with E-state index in [-0.39, 0.29) is 0 Å². The van der Waals surface area contributed by atoms with E-state index >= 15 is 0 Å². The zero-order valence-corrected chi connectivity index (χ0v) is 12.6. The van der Waals surface area contributed by atoms with Crippen molar-refractivity contribution in [1.82, 2.24) is 15.2 Å². The number of nitrogens with one attached hydrogen (secondary N) is 1. The zero-order chi connectivity index (χ0) is 13.8. The van der Waals surface area contributed by atoms with Gasteiger partial charge in [-0.15, -0.1) is 0 Å². The number of pyridine rings is 1. The summed E-state index contributed by atoms with van der Waals surface area (Å²) in [7, 11) is 6.35. The molecule has 0 saturated carbocycles. The molecule has 0 aliphatic carbocycles. The van der Waals surface area contributed by atoms with E-state index in [4.69, 9.17) is 0 Å². The lowest BCUT2D eigenvalue weighted by Crippen LogP contribution is -2.42. The Labute approximate surface area is 116 Å². The van der Waals surface area contributed by atoms with Crippen LogP contribution in [0.15, 0.2) is 12.3 Å². The van der Waals surface area contributed by atoms with Crippen molar-refractivity contribution in [3.8, 4) is 0 Å². The van der Waals surface area contributed by atoms with E-state index in [1.54, 1.807) is 0 Å². The minimum atomic E-state index is 0.623. The quantitative estimate of drug-likeness (QED) is 0.894. The lowest BCUT2D eigenvalue weighted by atomic mass is 10.0. The van der Waals surface area contributed by atoms with E-state index in [0.29, 0.717) is 6.04 Å². The first kappa shape index (κ1) is 14.3. The van der Waals surface area contributed by atoms with Gasteiger partial charge in [-0.2, -0.15) is 0 Å². The second-order valence-corrected chi connectivity index (χ2v) is 5.66. The highest BCUT2D eigenvalue weighted by atomic mass is 15.2. The molecule has 19 heavy (non-hydrogen) atoms. The van der Waals surface area contributed by atoms with Gasteiger partial charge in [-0.3, -0.25) is 0 Å². The van der Waals surface area contributed by atoms with Crippen LogP contribution >= 0.6 is 0 Å². The van der Waals surface area contributed by atoms with Crippen LogP contribution in [-0.4, -0.2) is 50.2 Å². The van der Waals surface area contributed by atoms with Crippen LogP contribution in [0.4, 0.5) is 5.82 Å². The summed E-state index contributed by atoms with van der Waals surface area (Å²) in [4.78, 5) is 9.43. The second kappa shape index (κ2) is 6.35. The molecular weight excluding hydrogens is 236 g/mol. The van der Waals surface area contributed by atoms with E-state index in [0.717, 1.165) is 12.4 Å². The number of anilines is 1. The van der Waals surface area contributed by atoms with E-state index in [9.17, 15) is 0 Å². The Hall–Kier alpha value is -1.13. The van der Waals surface area contributed by atoms with Crippen LogP contribution in [0.3, 0.4) is 0 Å². The molecule has 0 unspecified atom stereocenters. The Balaban J connectivity index is 2.08. The van der Waals surface area contributed by atoms with Crippen molar-refractivity contribution in [3.63, 3.8) is 0 Å². The lowest BCUT2D eigenvalue weighted by Gasteiger charge is -2.36. The van der Waals surface area contributed by atoms with Crippen molar-refractivity contribution in [2.45, 2.75) is 32.4 Å². The van der Waals surface area contributed by atoms with E-state index < -0.39 is 0 Å². The van der Waals surface area contributed by atoms with E-state index in [1.807, 2.05) is 13.2 Å². The summed E-state index contributed by atoms with van der Waals surface area (Å²) in [6.45, 7) is 5.41. The fraction of sp³-hybridized carbons (Fsp3) is 0.667. The smallest absolute Gasteiger partial charge is 0.131 e. The molecule has 0 bridgehead atoms. The van der Waals surface area contributed by atoms with E-state index in [1.165, 1.54) is 37.1 Å². The number of hydrogen-bond donors (Lipinski definition) is 1. The van der Waals surface area contributed by atoms with Crippen molar-refractivity contribution < 1.29 is 0 Å². The molecule has 1 N–H and O–H groups in total. The van der Waals surface area contributed by atoms with Crippen LogP contribution in [0, 0.1) is 6.92 Å². The third kappa shape index (κ3) is 3.45. The maximum Gasteiger partial charge on any atom is 0.131 e. The number of piperidine rings is 1. The number of likely N-dealkylation sites (tertiary alicyclic amines) is 1. The van der Waals surface area contributed by atoms with Gasteiger partial charge in [0.05, 0.1) is 0 Å². The number of aryl methyl sites for hydroxylation is 1. The fourth-order valence-corrected chi connectivity index (χ4v) is 2.85. The van der Waals surface area contributed by atoms with E-state index in [2.05, 4.69) is 47.2 Å². The monoisotopic (exact) mass is 262 g/mol. The molecule has 4 heteroatoms. The minimum absolute atomic E-state index is 0.623. The van der Waals surface area contributed by atoms with Crippen molar-refractivity contribution in [2.24, 2.45) is 0 Å². The summed E-state index contributed by atoms with van der Waals surface area (Å²) in [5, 5.41) is 3.17. The highest BCUT2D eigenvalue weighted by Crippen LogP contribution is 2.23. The summed E-state index contributed by atoms with van der Waals surface area (Å²) in [5.74, 6) is 1.13. The minimum Gasteiger partial charge on any atom is -0.356 e. The molecule has 0 aromatic carbocycles. The molecule has 2 heterocycles. The Bertz CT molecular complexity index is 411. The van der Waals surface area contributed by atoms with Crippen LogP contribution < -0.4 is 10.2 Å². The highest BCUT2D eigenvalue weighted by Gasteiger charge is 2.22. The predicted molar refractivity (Wildman–Crippen MR) is 80.7 cm³/mol. The number of aromatic nitrogens is 1. The normalized spacial score (nSPS) is 17.7. The van der Waals surface area contributed by atoms with Gasteiger partial charge in [0.25, 0.3) is 0 Å². The first-order valence-corrected chi connectivity index (χ1v) is 7.13. The Morgan fingerprint density at radius 1 is 1.42 bits per heavy atom. The summed E-state index contributed by atoms with van der Waals surface area (Å²) in [6, 6.07) is 2.86. The lowest BCUT2D eigenvalue weighted by molar-refractivity contribution is 0.252. The number of rotatable bonds is 4. The average molecular weight is 262 g/mol. The van der Waals surface area contributed by atoms with Crippen LogP contribution in [0.2, 0.25) is 0 Å². The van der Waals surface area contributed by atoms with Crippen LogP contribution in [0.25, 0.3) is 0 Å². The van der Waals surface area contributed by atoms with Gasteiger partial charge in [0.15, 0.2) is 0 Å². The highest BCUT2D eigenvalue weighted by molar-refractivity contribution is 5.47. The summed E-state index contributed by atoms with van der Waals surface area (Å²) < 4.78 is 0. The van der Waals surface area contributed by atoms with Gasteiger partial charge in [-0.05, 0) is 64.1 Å². The van der Waals surface area contributed by atoms with Crippen molar-refractivity contribution in [2.75, 3.05) is 39.1 Å². The summed E-state index contributed by atoms with van der Waals surface area (Å²) in [6.07, 6.45) is 4.45. The molecule has 1 saturated heterocycles. The fourth-order valence-electron chi connectivity index (χ4n) is 2.85. The molecule has 0 radical (unpaired) electrons. The molecule has 1 aliphatic heterocycles. The number of hydrogen-bond acceptors (Lipinski definition) is 4. The maximum absolute atomic E-state index is 4.66. The summed E-state index contributed by atoms with van der Waals surface area (Å²) in [5.41, 5.74) is 2.52. The number of nitrogens with zero attached hydrogens (tertiary/aromatic N) is 3. The van der Waals surface area contributed by atoms with Gasteiger partial charge >= 0.3 is 0 Å². The zero-order valence-electron chi connectivity index (χ0n) is 12.6. The van der Waals surface area contributed by atoms with Gasteiger partial charge in [0, 0.05) is 25.8 Å². The average Bonchev–Trinajstić information content (AvgIpc) is 2.39. The third-order valence-corrected chi connectivity index (χ3v) is 4.06. The molecule has 106 valence electrons. The largest absolute Gasteiger partial charge is 0.356 e. The predicted octanol–water partition coefficient (Wildman–Crippen LogP) is 1.64. The van der Waals surface area contributed by atoms with Gasteiger partial charge < -0.3 is 15.1 Å². The van der Waals surface area contributed by atoms with Crippen molar-refractivity contribution in [1.29, 1.82) is 0 Å². The van der Waals surface area contributed by atoms with Crippen molar-refractivity contribution in [3.05, 3.63) is 23.4 Å². The first-order valence-electron chi connectivity index (χ1n) is 7.13. The van der Waals surface area contributed by atoms with Crippen LogP contribution in [0.1, 0.15) is 24.0 Å². The third-order valence-electron chi connectivity index (χ3n) is 4.06. The van der Waals surface area contributed by atoms with Crippen LogP contribution in [-0.2, 0) is 6.54 Å². The Morgan fingerprint density at radius 2 is 2.11 bits per heavy atom. The van der Waals surface area contributed by atoms with Gasteiger partial charge in [-0.1, -0.05) is 0 Å². The SMILES string of the molecule is CNCc1cnc(N(C)C2CCN(C)CC2)c(C)c1. The molecule has 2 rings (SSSR count). The molecule has 1 aliphatic rings. The molecule has 0 atom stereocenters.